The van der Waals surface area contributed by atoms with Crippen LogP contribution in [0, 0.1) is 11.7 Å². The van der Waals surface area contributed by atoms with E-state index in [2.05, 4.69) is 28.6 Å². The summed E-state index contributed by atoms with van der Waals surface area (Å²) < 4.78 is 38.9. The van der Waals surface area contributed by atoms with Crippen LogP contribution in [0.25, 0.3) is 10.3 Å². The van der Waals surface area contributed by atoms with Crippen LogP contribution >= 0.6 is 11.3 Å². The topological polar surface area (TPSA) is 66.4 Å². The highest BCUT2D eigenvalue weighted by atomic mass is 32.2. The van der Waals surface area contributed by atoms with Gasteiger partial charge in [0, 0.05) is 37.8 Å². The van der Waals surface area contributed by atoms with E-state index >= 15 is 0 Å². The number of halogens is 1. The lowest BCUT2D eigenvalue weighted by atomic mass is 9.99. The molecule has 1 aliphatic heterocycles. The standard InChI is InChI=1S/C20H23FN4O2S2/c1-13(2)16-12-24(14-6-7-15(21)18(11-14)29(3,26)27)9-10-25(16)20-23-19-17(28-20)5-4-8-22-19/h4-8,11,13,16H,9-10,12H2,1-3H3/t16-/m0/s1. The molecule has 0 N–H and O–H groups in total. The summed E-state index contributed by atoms with van der Waals surface area (Å²) in [5.74, 6) is -0.357. The molecule has 0 unspecified atom stereocenters. The van der Waals surface area contributed by atoms with Crippen LogP contribution in [-0.2, 0) is 9.84 Å². The summed E-state index contributed by atoms with van der Waals surface area (Å²) in [6.45, 7) is 6.48. The number of nitrogens with zero attached hydrogens (tertiary/aromatic N) is 4. The Morgan fingerprint density at radius 1 is 1.24 bits per heavy atom. The first-order chi connectivity index (χ1) is 13.7. The Morgan fingerprint density at radius 2 is 2.03 bits per heavy atom. The predicted octanol–water partition coefficient (Wildman–Crippen LogP) is 3.59. The first-order valence-corrected chi connectivity index (χ1v) is 12.2. The highest BCUT2D eigenvalue weighted by Gasteiger charge is 2.32. The van der Waals surface area contributed by atoms with Gasteiger partial charge in [-0.1, -0.05) is 25.2 Å². The Morgan fingerprint density at radius 3 is 2.72 bits per heavy atom. The monoisotopic (exact) mass is 434 g/mol. The molecule has 0 spiro atoms. The molecule has 0 aliphatic carbocycles. The van der Waals surface area contributed by atoms with Crippen LogP contribution < -0.4 is 9.80 Å². The summed E-state index contributed by atoms with van der Waals surface area (Å²) in [6, 6.07) is 8.46. The van der Waals surface area contributed by atoms with Gasteiger partial charge in [-0.25, -0.2) is 17.8 Å². The zero-order valence-electron chi connectivity index (χ0n) is 16.5. The predicted molar refractivity (Wildman–Crippen MR) is 115 cm³/mol. The third kappa shape index (κ3) is 3.93. The van der Waals surface area contributed by atoms with Gasteiger partial charge in [-0.15, -0.1) is 0 Å². The molecule has 3 aromatic rings. The van der Waals surface area contributed by atoms with Crippen LogP contribution in [0.15, 0.2) is 41.4 Å². The Hall–Kier alpha value is -2.26. The molecule has 0 amide bonds. The van der Waals surface area contributed by atoms with Gasteiger partial charge in [-0.3, -0.25) is 0 Å². The van der Waals surface area contributed by atoms with Crippen molar-refractivity contribution < 1.29 is 12.8 Å². The van der Waals surface area contributed by atoms with Crippen molar-refractivity contribution >= 4 is 42.3 Å². The number of benzene rings is 1. The van der Waals surface area contributed by atoms with E-state index in [4.69, 9.17) is 4.98 Å². The van der Waals surface area contributed by atoms with Crippen LogP contribution in [0.5, 0.6) is 0 Å². The molecule has 0 saturated carbocycles. The van der Waals surface area contributed by atoms with Crippen LogP contribution in [0.2, 0.25) is 0 Å². The zero-order valence-corrected chi connectivity index (χ0v) is 18.2. The number of fused-ring (bicyclic) bond motifs is 1. The van der Waals surface area contributed by atoms with E-state index in [1.807, 2.05) is 12.1 Å². The van der Waals surface area contributed by atoms with Crippen molar-refractivity contribution in [3.05, 3.63) is 42.3 Å². The summed E-state index contributed by atoms with van der Waals surface area (Å²) in [6.07, 6.45) is 2.78. The molecule has 6 nitrogen and oxygen atoms in total. The molecule has 1 aliphatic rings. The van der Waals surface area contributed by atoms with Crippen molar-refractivity contribution in [1.82, 2.24) is 9.97 Å². The number of sulfone groups is 1. The first-order valence-electron chi connectivity index (χ1n) is 9.47. The molecule has 1 atom stereocenters. The number of pyridine rings is 1. The van der Waals surface area contributed by atoms with Crippen molar-refractivity contribution in [3.8, 4) is 0 Å². The van der Waals surface area contributed by atoms with E-state index in [9.17, 15) is 12.8 Å². The molecule has 1 fully saturated rings. The number of aromatic nitrogens is 2. The first kappa shape index (κ1) is 20.0. The molecule has 2 aromatic heterocycles. The molecule has 3 heterocycles. The normalized spacial score (nSPS) is 18.0. The highest BCUT2D eigenvalue weighted by molar-refractivity contribution is 7.90. The highest BCUT2D eigenvalue weighted by Crippen LogP contribution is 2.33. The Kier molecular flexibility index (Phi) is 5.20. The number of hydrogen-bond donors (Lipinski definition) is 0. The van der Waals surface area contributed by atoms with Gasteiger partial charge in [0.15, 0.2) is 20.6 Å². The van der Waals surface area contributed by atoms with Gasteiger partial charge in [-0.05, 0) is 36.2 Å². The van der Waals surface area contributed by atoms with Crippen molar-refractivity contribution in [3.63, 3.8) is 0 Å². The van der Waals surface area contributed by atoms with Crippen LogP contribution in [0.4, 0.5) is 15.2 Å². The van der Waals surface area contributed by atoms with Gasteiger partial charge in [0.25, 0.3) is 0 Å². The summed E-state index contributed by atoms with van der Waals surface area (Å²) >= 11 is 1.63. The van der Waals surface area contributed by atoms with E-state index in [1.54, 1.807) is 23.6 Å². The third-order valence-corrected chi connectivity index (χ3v) is 7.43. The number of thiazole rings is 1. The van der Waals surface area contributed by atoms with Crippen LogP contribution in [-0.4, -0.2) is 50.3 Å². The summed E-state index contributed by atoms with van der Waals surface area (Å²) in [4.78, 5) is 13.2. The summed E-state index contributed by atoms with van der Waals surface area (Å²) in [5, 5.41) is 0.952. The molecule has 9 heteroatoms. The second kappa shape index (κ2) is 7.53. The molecule has 0 radical (unpaired) electrons. The van der Waals surface area contributed by atoms with Crippen molar-refractivity contribution in [2.75, 3.05) is 35.7 Å². The average Bonchev–Trinajstić information content (AvgIpc) is 3.11. The Balaban J connectivity index is 1.63. The van der Waals surface area contributed by atoms with Gasteiger partial charge in [-0.2, -0.15) is 4.98 Å². The van der Waals surface area contributed by atoms with Crippen molar-refractivity contribution in [2.24, 2.45) is 5.92 Å². The van der Waals surface area contributed by atoms with Gasteiger partial charge in [0.1, 0.15) is 10.7 Å². The molecule has 1 saturated heterocycles. The summed E-state index contributed by atoms with van der Waals surface area (Å²) in [5.41, 5.74) is 1.48. The maximum Gasteiger partial charge on any atom is 0.188 e. The molecule has 0 bridgehead atoms. The Bertz CT molecular complexity index is 1110. The second-order valence-electron chi connectivity index (χ2n) is 7.66. The fraction of sp³-hybridized carbons (Fsp3) is 0.400. The largest absolute Gasteiger partial charge is 0.368 e. The smallest absolute Gasteiger partial charge is 0.188 e. The lowest BCUT2D eigenvalue weighted by Crippen LogP contribution is -2.55. The van der Waals surface area contributed by atoms with E-state index in [0.717, 1.165) is 34.0 Å². The minimum absolute atomic E-state index is 0.191. The van der Waals surface area contributed by atoms with E-state index in [-0.39, 0.29) is 10.9 Å². The number of anilines is 2. The molecule has 4 rings (SSSR count). The minimum Gasteiger partial charge on any atom is -0.368 e. The van der Waals surface area contributed by atoms with Gasteiger partial charge >= 0.3 is 0 Å². The van der Waals surface area contributed by atoms with Gasteiger partial charge in [0.2, 0.25) is 0 Å². The quantitative estimate of drug-likeness (QED) is 0.625. The summed E-state index contributed by atoms with van der Waals surface area (Å²) in [7, 11) is -3.62. The second-order valence-corrected chi connectivity index (χ2v) is 10.7. The van der Waals surface area contributed by atoms with Crippen molar-refractivity contribution in [1.29, 1.82) is 0 Å². The van der Waals surface area contributed by atoms with E-state index in [0.29, 0.717) is 19.0 Å². The number of piperazine rings is 1. The SMILES string of the molecule is CC(C)[C@@H]1CN(c2ccc(F)c(S(C)(=O)=O)c2)CCN1c1nc2ncccc2s1. The molecule has 154 valence electrons. The van der Waals surface area contributed by atoms with Gasteiger partial charge in [0.05, 0.1) is 10.7 Å². The molecule has 29 heavy (non-hydrogen) atoms. The Labute approximate surface area is 173 Å². The number of rotatable bonds is 4. The third-order valence-electron chi connectivity index (χ3n) is 5.27. The van der Waals surface area contributed by atoms with E-state index < -0.39 is 15.7 Å². The maximum absolute atomic E-state index is 14.0. The zero-order chi connectivity index (χ0) is 20.8. The lowest BCUT2D eigenvalue weighted by molar-refractivity contribution is 0.418. The molecular formula is C20H23FN4O2S2. The molecule has 1 aromatic carbocycles. The van der Waals surface area contributed by atoms with Crippen LogP contribution in [0.1, 0.15) is 13.8 Å². The fourth-order valence-electron chi connectivity index (χ4n) is 3.71. The van der Waals surface area contributed by atoms with Crippen LogP contribution in [0.3, 0.4) is 0 Å². The average molecular weight is 435 g/mol. The van der Waals surface area contributed by atoms with Crippen molar-refractivity contribution in [2.45, 2.75) is 24.8 Å². The minimum atomic E-state index is -3.62. The molecular weight excluding hydrogens is 411 g/mol. The fourth-order valence-corrected chi connectivity index (χ4v) is 5.47. The maximum atomic E-state index is 14.0. The van der Waals surface area contributed by atoms with E-state index in [1.165, 1.54) is 12.1 Å². The lowest BCUT2D eigenvalue weighted by Gasteiger charge is -2.44. The van der Waals surface area contributed by atoms with Gasteiger partial charge < -0.3 is 9.80 Å². The number of hydrogen-bond acceptors (Lipinski definition) is 7.